The molecule has 1 N–H and O–H groups in total. The number of hydrogen-bond acceptors (Lipinski definition) is 1. The van der Waals surface area contributed by atoms with Gasteiger partial charge in [0.15, 0.2) is 6.10 Å². The molecular weight excluding hydrogens is 102 g/mol. The fraction of sp³-hybridized carbons (Fsp3) is 0.500. The van der Waals surface area contributed by atoms with Crippen LogP contribution >= 0.6 is 0 Å². The highest BCUT2D eigenvalue weighted by atomic mass is 19.3. The Hall–Kier alpha value is -0.620. The summed E-state index contributed by atoms with van der Waals surface area (Å²) in [6, 6.07) is 0. The van der Waals surface area contributed by atoms with E-state index in [9.17, 15) is 8.78 Å². The molecule has 1 nitrogen and oxygen atoms in total. The second-order valence-electron chi connectivity index (χ2n) is 1.29. The first-order valence-corrected chi connectivity index (χ1v) is 1.71. The molecule has 1 rings (SSSR count). The maximum Gasteiger partial charge on any atom is 0.344 e. The van der Waals surface area contributed by atoms with Crippen molar-refractivity contribution in [2.45, 2.75) is 12.0 Å². The van der Waals surface area contributed by atoms with Crippen molar-refractivity contribution in [2.24, 2.45) is 0 Å². The second kappa shape index (κ2) is 0.958. The second-order valence-corrected chi connectivity index (χ2v) is 1.29. The normalized spacial score (nSPS) is 32.7. The summed E-state index contributed by atoms with van der Waals surface area (Å²) in [5, 5.41) is 8.05. The molecule has 1 atom stereocenters. The molecule has 0 aliphatic heterocycles. The van der Waals surface area contributed by atoms with Gasteiger partial charge in [0.25, 0.3) is 0 Å². The van der Waals surface area contributed by atoms with Gasteiger partial charge in [0.05, 0.1) is 0 Å². The minimum Gasteiger partial charge on any atom is -0.374 e. The Balaban J connectivity index is 2.73. The Morgan fingerprint density at radius 3 is 2.00 bits per heavy atom. The fourth-order valence-electron chi connectivity index (χ4n) is 0.246. The van der Waals surface area contributed by atoms with E-state index in [0.29, 0.717) is 0 Å². The lowest BCUT2D eigenvalue weighted by molar-refractivity contribution is -0.0460. The zero-order valence-electron chi connectivity index (χ0n) is 3.28. The van der Waals surface area contributed by atoms with Gasteiger partial charge in [-0.3, -0.25) is 0 Å². The molecule has 0 saturated heterocycles. The van der Waals surface area contributed by atoms with Crippen LogP contribution in [0, 0.1) is 11.8 Å². The number of hydrogen-bond donors (Lipinski definition) is 1. The van der Waals surface area contributed by atoms with Crippen LogP contribution in [0.3, 0.4) is 0 Å². The summed E-state index contributed by atoms with van der Waals surface area (Å²) in [4.78, 5) is 0. The van der Waals surface area contributed by atoms with E-state index >= 15 is 0 Å². The first kappa shape index (κ1) is 4.54. The van der Waals surface area contributed by atoms with Crippen molar-refractivity contribution in [3.05, 3.63) is 0 Å². The molecule has 0 aromatic rings. The van der Waals surface area contributed by atoms with Crippen molar-refractivity contribution in [1.82, 2.24) is 0 Å². The molecule has 1 aliphatic rings. The lowest BCUT2D eigenvalue weighted by Gasteiger charge is -2.17. The minimum absolute atomic E-state index is 1.50. The maximum atomic E-state index is 11.5. The molecule has 0 aromatic carbocycles. The van der Waals surface area contributed by atoms with Crippen LogP contribution in [-0.2, 0) is 0 Å². The van der Waals surface area contributed by atoms with E-state index in [1.807, 2.05) is 5.92 Å². The smallest absolute Gasteiger partial charge is 0.344 e. The molecule has 3 heteroatoms. The van der Waals surface area contributed by atoms with E-state index in [-0.39, 0.29) is 0 Å². The van der Waals surface area contributed by atoms with Gasteiger partial charge in [0.2, 0.25) is 0 Å². The minimum atomic E-state index is -3.12. The summed E-state index contributed by atoms with van der Waals surface area (Å²) in [6.45, 7) is 0. The molecule has 0 aromatic heterocycles. The molecule has 0 saturated carbocycles. The highest BCUT2D eigenvalue weighted by molar-refractivity contribution is 5.30. The van der Waals surface area contributed by atoms with E-state index < -0.39 is 12.0 Å². The van der Waals surface area contributed by atoms with Crippen molar-refractivity contribution in [1.29, 1.82) is 0 Å². The van der Waals surface area contributed by atoms with Crippen LogP contribution in [0.5, 0.6) is 0 Å². The van der Waals surface area contributed by atoms with Crippen LogP contribution in [0.15, 0.2) is 0 Å². The van der Waals surface area contributed by atoms with Crippen molar-refractivity contribution >= 4 is 0 Å². The van der Waals surface area contributed by atoms with Gasteiger partial charge in [-0.05, 0) is 5.92 Å². The standard InChI is InChI=1S/C4H2F2O/c5-4(6)2-1-3(4)7/h3,7H. The summed E-state index contributed by atoms with van der Waals surface area (Å²) in [5.41, 5.74) is 0. The van der Waals surface area contributed by atoms with Crippen molar-refractivity contribution in [2.75, 3.05) is 0 Å². The molecule has 0 fully saturated rings. The Morgan fingerprint density at radius 1 is 1.57 bits per heavy atom. The third-order valence-corrected chi connectivity index (χ3v) is 0.719. The molecule has 0 radical (unpaired) electrons. The van der Waals surface area contributed by atoms with Gasteiger partial charge in [-0.2, -0.15) is 8.78 Å². The first-order chi connectivity index (χ1) is 3.13. The molecule has 1 aliphatic carbocycles. The monoisotopic (exact) mass is 104 g/mol. The van der Waals surface area contributed by atoms with Crippen molar-refractivity contribution < 1.29 is 13.9 Å². The largest absolute Gasteiger partial charge is 0.374 e. The number of rotatable bonds is 0. The van der Waals surface area contributed by atoms with Crippen LogP contribution < -0.4 is 0 Å². The van der Waals surface area contributed by atoms with Crippen molar-refractivity contribution in [3.8, 4) is 11.8 Å². The first-order valence-electron chi connectivity index (χ1n) is 1.71. The maximum absolute atomic E-state index is 11.5. The van der Waals surface area contributed by atoms with E-state index in [4.69, 9.17) is 5.11 Å². The van der Waals surface area contributed by atoms with Crippen molar-refractivity contribution in [3.63, 3.8) is 0 Å². The van der Waals surface area contributed by atoms with E-state index in [1.165, 1.54) is 5.92 Å². The van der Waals surface area contributed by atoms with Gasteiger partial charge in [-0.25, -0.2) is 0 Å². The zero-order valence-corrected chi connectivity index (χ0v) is 3.28. The Morgan fingerprint density at radius 2 is 2.00 bits per heavy atom. The number of halogens is 2. The van der Waals surface area contributed by atoms with Gasteiger partial charge in [-0.1, -0.05) is 5.92 Å². The average Bonchev–Trinajstić information content (AvgIpc) is 1.63. The van der Waals surface area contributed by atoms with Gasteiger partial charge >= 0.3 is 5.92 Å². The van der Waals surface area contributed by atoms with Gasteiger partial charge < -0.3 is 5.11 Å². The summed E-state index contributed by atoms with van der Waals surface area (Å²) in [7, 11) is 0. The molecule has 7 heavy (non-hydrogen) atoms. The topological polar surface area (TPSA) is 20.2 Å². The third kappa shape index (κ3) is 0.475. The number of alkyl halides is 2. The number of aliphatic hydroxyl groups is 1. The third-order valence-electron chi connectivity index (χ3n) is 0.719. The lowest BCUT2D eigenvalue weighted by atomic mass is 10.1. The Kier molecular flexibility index (Phi) is 0.621. The summed E-state index contributed by atoms with van der Waals surface area (Å²) in [6.07, 6.45) is -1.72. The van der Waals surface area contributed by atoms with Crippen LogP contribution in [0.1, 0.15) is 0 Å². The summed E-state index contributed by atoms with van der Waals surface area (Å²) < 4.78 is 23.0. The van der Waals surface area contributed by atoms with Gasteiger partial charge in [0, 0.05) is 0 Å². The van der Waals surface area contributed by atoms with Gasteiger partial charge in [-0.15, -0.1) is 0 Å². The van der Waals surface area contributed by atoms with Crippen LogP contribution in [0.4, 0.5) is 8.78 Å². The Labute approximate surface area is 39.0 Å². The molecule has 0 heterocycles. The SMILES string of the molecule is OC1C#CC1(F)F. The molecule has 0 amide bonds. The predicted molar refractivity (Wildman–Crippen MR) is 18.7 cm³/mol. The van der Waals surface area contributed by atoms with E-state index in [2.05, 4.69) is 0 Å². The molecular formula is C4H2F2O. The van der Waals surface area contributed by atoms with Crippen LogP contribution in [0.25, 0.3) is 0 Å². The van der Waals surface area contributed by atoms with Crippen LogP contribution in [0.2, 0.25) is 0 Å². The predicted octanol–water partition coefficient (Wildman–Crippen LogP) is -0.000400. The summed E-state index contributed by atoms with van der Waals surface area (Å²) >= 11 is 0. The van der Waals surface area contributed by atoms with E-state index in [0.717, 1.165) is 0 Å². The number of aliphatic hydroxyl groups excluding tert-OH is 1. The molecule has 0 spiro atoms. The van der Waals surface area contributed by atoms with Gasteiger partial charge in [0.1, 0.15) is 0 Å². The highest BCUT2D eigenvalue weighted by Gasteiger charge is 2.41. The quantitative estimate of drug-likeness (QED) is 0.429. The lowest BCUT2D eigenvalue weighted by Crippen LogP contribution is -2.37. The average molecular weight is 104 g/mol. The molecule has 0 bridgehead atoms. The fourth-order valence-corrected chi connectivity index (χ4v) is 0.246. The summed E-state index contributed by atoms with van der Waals surface area (Å²) in [5.74, 6) is 0.230. The van der Waals surface area contributed by atoms with E-state index in [1.54, 1.807) is 0 Å². The molecule has 38 valence electrons. The van der Waals surface area contributed by atoms with Crippen LogP contribution in [-0.4, -0.2) is 17.1 Å². The highest BCUT2D eigenvalue weighted by Crippen LogP contribution is 2.22. The zero-order chi connectivity index (χ0) is 5.49. The Bertz CT molecular complexity index is 142. The molecule has 1 unspecified atom stereocenters.